The average molecular weight is 330 g/mol. The van der Waals surface area contributed by atoms with Crippen LogP contribution in [-0.4, -0.2) is 32.5 Å². The van der Waals surface area contributed by atoms with E-state index in [1.807, 2.05) is 43.3 Å². The number of ether oxygens (including phenoxy) is 1. The van der Waals surface area contributed by atoms with E-state index in [2.05, 4.69) is 5.32 Å². The summed E-state index contributed by atoms with van der Waals surface area (Å²) in [5.74, 6) is -0.301. The number of carbonyl (C=O) groups excluding carboxylic acids is 2. The summed E-state index contributed by atoms with van der Waals surface area (Å²) in [4.78, 5) is 25.4. The number of nitrogens with zero attached hydrogens (tertiary/aromatic N) is 1. The topological polar surface area (TPSA) is 71.8 Å². The third kappa shape index (κ3) is 5.46. The van der Waals surface area contributed by atoms with E-state index >= 15 is 0 Å². The number of carbonyl (C=O) groups is 2. The fraction of sp³-hybridized carbons (Fsp3) is 0.333. The number of esters is 1. The van der Waals surface area contributed by atoms with Crippen LogP contribution in [-0.2, 0) is 16.1 Å². The lowest BCUT2D eigenvalue weighted by Crippen LogP contribution is -2.24. The zero-order chi connectivity index (χ0) is 17.4. The van der Waals surface area contributed by atoms with E-state index in [0.717, 1.165) is 11.3 Å². The fourth-order valence-corrected chi connectivity index (χ4v) is 2.09. The van der Waals surface area contributed by atoms with Crippen molar-refractivity contribution in [1.82, 2.24) is 5.32 Å². The molecule has 1 amide bonds. The van der Waals surface area contributed by atoms with Crippen LogP contribution in [0.4, 0.5) is 5.69 Å². The summed E-state index contributed by atoms with van der Waals surface area (Å²) in [6, 6.07) is 11.1. The van der Waals surface area contributed by atoms with Crippen molar-refractivity contribution in [3.8, 4) is 0 Å². The highest BCUT2D eigenvalue weighted by molar-refractivity contribution is 5.91. The SMILES string of the molecule is CN(C)c1cccc(COC(=O)CCCNC(=O)c2ccco2)c1. The van der Waals surface area contributed by atoms with E-state index < -0.39 is 0 Å². The van der Waals surface area contributed by atoms with Crippen LogP contribution in [0.1, 0.15) is 29.0 Å². The van der Waals surface area contributed by atoms with E-state index in [4.69, 9.17) is 9.15 Å². The molecule has 2 rings (SSSR count). The molecular weight excluding hydrogens is 308 g/mol. The molecule has 1 N–H and O–H groups in total. The van der Waals surface area contributed by atoms with Gasteiger partial charge >= 0.3 is 5.97 Å². The average Bonchev–Trinajstić information content (AvgIpc) is 3.11. The first-order valence-corrected chi connectivity index (χ1v) is 7.80. The quantitative estimate of drug-likeness (QED) is 0.595. The van der Waals surface area contributed by atoms with Gasteiger partial charge < -0.3 is 19.4 Å². The highest BCUT2D eigenvalue weighted by atomic mass is 16.5. The fourth-order valence-electron chi connectivity index (χ4n) is 2.09. The Hall–Kier alpha value is -2.76. The van der Waals surface area contributed by atoms with Crippen molar-refractivity contribution in [2.24, 2.45) is 0 Å². The third-order valence-corrected chi connectivity index (χ3v) is 3.41. The number of anilines is 1. The normalized spacial score (nSPS) is 10.2. The number of rotatable bonds is 8. The molecule has 0 fully saturated rings. The highest BCUT2D eigenvalue weighted by Gasteiger charge is 2.08. The van der Waals surface area contributed by atoms with E-state index in [0.29, 0.717) is 13.0 Å². The molecule has 1 aromatic heterocycles. The first-order valence-electron chi connectivity index (χ1n) is 7.80. The summed E-state index contributed by atoms with van der Waals surface area (Å²) in [7, 11) is 3.92. The van der Waals surface area contributed by atoms with Crippen LogP contribution < -0.4 is 10.2 Å². The molecule has 0 bridgehead atoms. The number of benzene rings is 1. The Kier molecular flexibility index (Phi) is 6.42. The zero-order valence-corrected chi connectivity index (χ0v) is 14.0. The molecule has 6 heteroatoms. The van der Waals surface area contributed by atoms with Crippen LogP contribution in [0.5, 0.6) is 0 Å². The highest BCUT2D eigenvalue weighted by Crippen LogP contribution is 2.14. The molecule has 1 heterocycles. The van der Waals surface area contributed by atoms with Gasteiger partial charge in [0.1, 0.15) is 6.61 Å². The van der Waals surface area contributed by atoms with E-state index in [1.165, 1.54) is 6.26 Å². The summed E-state index contributed by atoms with van der Waals surface area (Å²) in [6.45, 7) is 0.643. The van der Waals surface area contributed by atoms with E-state index in [1.54, 1.807) is 12.1 Å². The summed E-state index contributed by atoms with van der Waals surface area (Å²) >= 11 is 0. The van der Waals surface area contributed by atoms with Crippen LogP contribution in [0, 0.1) is 0 Å². The minimum Gasteiger partial charge on any atom is -0.461 e. The number of nitrogens with one attached hydrogen (secondary N) is 1. The van der Waals surface area contributed by atoms with Crippen molar-refractivity contribution in [3.05, 3.63) is 54.0 Å². The molecule has 0 atom stereocenters. The molecule has 2 aromatic rings. The van der Waals surface area contributed by atoms with Crippen molar-refractivity contribution in [2.75, 3.05) is 25.5 Å². The van der Waals surface area contributed by atoms with Gasteiger partial charge in [-0.2, -0.15) is 0 Å². The molecule has 0 aliphatic heterocycles. The third-order valence-electron chi connectivity index (χ3n) is 3.41. The van der Waals surface area contributed by atoms with E-state index in [9.17, 15) is 9.59 Å². The van der Waals surface area contributed by atoms with Gasteiger partial charge in [0.15, 0.2) is 5.76 Å². The standard InChI is InChI=1S/C18H22N2O4/c1-20(2)15-7-3-6-14(12-15)13-24-17(21)9-4-10-19-18(22)16-8-5-11-23-16/h3,5-8,11-12H,4,9-10,13H2,1-2H3,(H,19,22). The Morgan fingerprint density at radius 3 is 2.75 bits per heavy atom. The van der Waals surface area contributed by atoms with Gasteiger partial charge in [-0.1, -0.05) is 12.1 Å². The van der Waals surface area contributed by atoms with Gasteiger partial charge in [0.05, 0.1) is 6.26 Å². The van der Waals surface area contributed by atoms with Crippen molar-refractivity contribution < 1.29 is 18.7 Å². The summed E-state index contributed by atoms with van der Waals surface area (Å²) < 4.78 is 10.2. The lowest BCUT2D eigenvalue weighted by Gasteiger charge is -2.13. The van der Waals surface area contributed by atoms with Crippen molar-refractivity contribution >= 4 is 17.6 Å². The zero-order valence-electron chi connectivity index (χ0n) is 14.0. The molecule has 0 aliphatic rings. The summed E-state index contributed by atoms with van der Waals surface area (Å²) in [5, 5.41) is 2.69. The molecule has 0 unspecified atom stereocenters. The second-order valence-corrected chi connectivity index (χ2v) is 5.56. The van der Waals surface area contributed by atoms with Gasteiger partial charge in [-0.25, -0.2) is 0 Å². The molecule has 1 aromatic carbocycles. The molecular formula is C18H22N2O4. The first-order chi connectivity index (χ1) is 11.6. The maximum atomic E-state index is 11.7. The lowest BCUT2D eigenvalue weighted by molar-refractivity contribution is -0.145. The number of hydrogen-bond acceptors (Lipinski definition) is 5. The molecule has 0 saturated carbocycles. The van der Waals surface area contributed by atoms with Gasteiger partial charge in [-0.15, -0.1) is 0 Å². The minimum atomic E-state index is -0.283. The lowest BCUT2D eigenvalue weighted by atomic mass is 10.2. The second-order valence-electron chi connectivity index (χ2n) is 5.56. The first kappa shape index (κ1) is 17.6. The van der Waals surface area contributed by atoms with Crippen LogP contribution in [0.15, 0.2) is 47.1 Å². The second kappa shape index (κ2) is 8.76. The van der Waals surface area contributed by atoms with Crippen molar-refractivity contribution in [3.63, 3.8) is 0 Å². The van der Waals surface area contributed by atoms with Crippen LogP contribution >= 0.6 is 0 Å². The number of furan rings is 1. The summed E-state index contributed by atoms with van der Waals surface area (Å²) in [6.07, 6.45) is 2.21. The van der Waals surface area contributed by atoms with Gasteiger partial charge in [-0.05, 0) is 36.2 Å². The van der Waals surface area contributed by atoms with Crippen molar-refractivity contribution in [2.45, 2.75) is 19.4 Å². The smallest absolute Gasteiger partial charge is 0.306 e. The molecule has 0 spiro atoms. The van der Waals surface area contributed by atoms with Crippen LogP contribution in [0.25, 0.3) is 0 Å². The molecule has 0 aliphatic carbocycles. The predicted molar refractivity (Wildman–Crippen MR) is 90.8 cm³/mol. The molecule has 128 valence electrons. The van der Waals surface area contributed by atoms with Gasteiger partial charge in [0.2, 0.25) is 0 Å². The molecule has 0 radical (unpaired) electrons. The molecule has 6 nitrogen and oxygen atoms in total. The number of hydrogen-bond donors (Lipinski definition) is 1. The van der Waals surface area contributed by atoms with Crippen molar-refractivity contribution in [1.29, 1.82) is 0 Å². The Balaban J connectivity index is 1.65. The Morgan fingerprint density at radius 2 is 2.04 bits per heavy atom. The molecule has 24 heavy (non-hydrogen) atoms. The van der Waals surface area contributed by atoms with Crippen LogP contribution in [0.3, 0.4) is 0 Å². The summed E-state index contributed by atoms with van der Waals surface area (Å²) in [5.41, 5.74) is 2.00. The van der Waals surface area contributed by atoms with Gasteiger partial charge in [-0.3, -0.25) is 9.59 Å². The Labute approximate surface area is 141 Å². The monoisotopic (exact) mass is 330 g/mol. The van der Waals surface area contributed by atoms with Gasteiger partial charge in [0, 0.05) is 32.7 Å². The maximum absolute atomic E-state index is 11.7. The number of amides is 1. The Bertz CT molecular complexity index is 665. The van der Waals surface area contributed by atoms with E-state index in [-0.39, 0.29) is 30.7 Å². The Morgan fingerprint density at radius 1 is 1.21 bits per heavy atom. The molecule has 0 saturated heterocycles. The van der Waals surface area contributed by atoms with Crippen LogP contribution in [0.2, 0.25) is 0 Å². The minimum absolute atomic E-state index is 0.249. The largest absolute Gasteiger partial charge is 0.461 e. The van der Waals surface area contributed by atoms with Gasteiger partial charge in [0.25, 0.3) is 5.91 Å². The maximum Gasteiger partial charge on any atom is 0.306 e. The predicted octanol–water partition coefficient (Wildman–Crippen LogP) is 2.60.